The van der Waals surface area contributed by atoms with Crippen molar-refractivity contribution >= 4 is 11.8 Å². The molecule has 2 amide bonds. The summed E-state index contributed by atoms with van der Waals surface area (Å²) in [5.41, 5.74) is 7.36. The van der Waals surface area contributed by atoms with Crippen molar-refractivity contribution in [2.75, 3.05) is 6.61 Å². The van der Waals surface area contributed by atoms with Gasteiger partial charge >= 0.3 is 0 Å². The van der Waals surface area contributed by atoms with Gasteiger partial charge in [0.15, 0.2) is 6.61 Å². The second-order valence-electron chi connectivity index (χ2n) is 8.61. The molecule has 2 N–H and O–H groups in total. The molecule has 5 rings (SSSR count). The Kier molecular flexibility index (Phi) is 4.63. The number of hydrazine groups is 1. The Morgan fingerprint density at radius 3 is 2.08 bits per heavy atom. The summed E-state index contributed by atoms with van der Waals surface area (Å²) in [7, 11) is 0. The van der Waals surface area contributed by atoms with E-state index < -0.39 is 0 Å². The van der Waals surface area contributed by atoms with E-state index in [1.165, 1.54) is 32.1 Å². The normalized spacial score (nSPS) is 31.5. The van der Waals surface area contributed by atoms with E-state index in [0.29, 0.717) is 17.6 Å². The van der Waals surface area contributed by atoms with Crippen LogP contribution in [0.1, 0.15) is 43.2 Å². The first-order chi connectivity index (χ1) is 12.5. The quantitative estimate of drug-likeness (QED) is 0.815. The van der Waals surface area contributed by atoms with Crippen LogP contribution in [-0.4, -0.2) is 18.4 Å². The molecule has 0 radical (unpaired) electrons. The van der Waals surface area contributed by atoms with Crippen molar-refractivity contribution in [2.24, 2.45) is 29.6 Å². The summed E-state index contributed by atoms with van der Waals surface area (Å²) >= 11 is 0. The smallest absolute Gasteiger partial charge is 0.276 e. The third kappa shape index (κ3) is 3.57. The van der Waals surface area contributed by atoms with Crippen molar-refractivity contribution in [3.8, 4) is 5.75 Å². The Balaban J connectivity index is 1.26. The molecule has 0 spiro atoms. The second-order valence-corrected chi connectivity index (χ2v) is 8.61. The van der Waals surface area contributed by atoms with Crippen LogP contribution in [0.2, 0.25) is 0 Å². The summed E-state index contributed by atoms with van der Waals surface area (Å²) in [6.07, 6.45) is 6.13. The van der Waals surface area contributed by atoms with Gasteiger partial charge in [-0.15, -0.1) is 0 Å². The number of hydrogen-bond donors (Lipinski definition) is 2. The first-order valence-electron chi connectivity index (χ1n) is 9.77. The number of nitrogens with one attached hydrogen (secondary N) is 2. The van der Waals surface area contributed by atoms with E-state index in [9.17, 15) is 9.59 Å². The molecule has 0 heterocycles. The number of rotatable bonds is 4. The van der Waals surface area contributed by atoms with Gasteiger partial charge in [0.1, 0.15) is 5.75 Å². The first-order valence-corrected chi connectivity index (χ1v) is 9.77. The van der Waals surface area contributed by atoms with Crippen LogP contribution in [0, 0.1) is 43.4 Å². The van der Waals surface area contributed by atoms with Crippen molar-refractivity contribution < 1.29 is 14.3 Å². The lowest BCUT2D eigenvalue weighted by Crippen LogP contribution is -2.54. The van der Waals surface area contributed by atoms with Crippen LogP contribution < -0.4 is 15.6 Å². The number of carbonyl (C=O) groups is 2. The molecule has 140 valence electrons. The van der Waals surface area contributed by atoms with E-state index in [2.05, 4.69) is 16.9 Å². The predicted molar refractivity (Wildman–Crippen MR) is 98.2 cm³/mol. The van der Waals surface area contributed by atoms with Crippen LogP contribution >= 0.6 is 0 Å². The van der Waals surface area contributed by atoms with Gasteiger partial charge in [-0.2, -0.15) is 0 Å². The minimum absolute atomic E-state index is 0.0152. The molecule has 4 bridgehead atoms. The third-order valence-electron chi connectivity index (χ3n) is 6.42. The summed E-state index contributed by atoms with van der Waals surface area (Å²) in [5.74, 6) is 3.09. The maximum atomic E-state index is 12.6. The highest BCUT2D eigenvalue weighted by Crippen LogP contribution is 2.56. The van der Waals surface area contributed by atoms with Crippen molar-refractivity contribution in [3.05, 3.63) is 29.3 Å². The fourth-order valence-electron chi connectivity index (χ4n) is 5.77. The molecular weight excluding hydrogens is 328 g/mol. The third-order valence-corrected chi connectivity index (χ3v) is 6.42. The lowest BCUT2D eigenvalue weighted by molar-refractivity contribution is -0.141. The molecule has 1 aromatic carbocycles. The molecule has 0 aromatic heterocycles. The average Bonchev–Trinajstić information content (AvgIpc) is 2.56. The van der Waals surface area contributed by atoms with Crippen LogP contribution in [0.4, 0.5) is 0 Å². The zero-order valence-electron chi connectivity index (χ0n) is 15.6. The van der Waals surface area contributed by atoms with Gasteiger partial charge < -0.3 is 4.74 Å². The molecule has 0 saturated heterocycles. The maximum Gasteiger partial charge on any atom is 0.276 e. The van der Waals surface area contributed by atoms with Gasteiger partial charge in [-0.05, 0) is 92.9 Å². The van der Waals surface area contributed by atoms with Gasteiger partial charge in [0, 0.05) is 5.92 Å². The molecule has 4 saturated carbocycles. The first kappa shape index (κ1) is 17.4. The molecule has 0 unspecified atom stereocenters. The molecule has 1 aromatic rings. The molecule has 26 heavy (non-hydrogen) atoms. The van der Waals surface area contributed by atoms with Crippen LogP contribution in [0.3, 0.4) is 0 Å². The molecule has 4 aliphatic carbocycles. The van der Waals surface area contributed by atoms with Gasteiger partial charge in [-0.3, -0.25) is 20.4 Å². The molecule has 5 nitrogen and oxygen atoms in total. The standard InChI is InChI=1S/C21H28N2O3/c1-12-3-13(2)5-18(4-12)26-11-19(24)22-23-21(25)20-16-7-14-6-15(9-16)10-17(20)8-14/h3-5,14-17,20H,6-11H2,1-2H3,(H,22,24)(H,23,25). The highest BCUT2D eigenvalue weighted by molar-refractivity contribution is 5.84. The van der Waals surface area contributed by atoms with Crippen molar-refractivity contribution in [3.63, 3.8) is 0 Å². The molecule has 0 aliphatic heterocycles. The van der Waals surface area contributed by atoms with E-state index >= 15 is 0 Å². The number of amides is 2. The SMILES string of the molecule is Cc1cc(C)cc(OCC(=O)NNC(=O)C2C3CC4CC(C3)CC2C4)c1. The Morgan fingerprint density at radius 1 is 0.923 bits per heavy atom. The summed E-state index contributed by atoms with van der Waals surface area (Å²) in [6.45, 7) is 3.88. The molecule has 4 fully saturated rings. The Bertz CT molecular complexity index is 667. The number of hydrogen-bond acceptors (Lipinski definition) is 3. The van der Waals surface area contributed by atoms with Crippen LogP contribution in [-0.2, 0) is 9.59 Å². The van der Waals surface area contributed by atoms with Crippen LogP contribution in [0.25, 0.3) is 0 Å². The van der Waals surface area contributed by atoms with Gasteiger partial charge in [0.25, 0.3) is 5.91 Å². The fraction of sp³-hybridized carbons (Fsp3) is 0.619. The van der Waals surface area contributed by atoms with Gasteiger partial charge in [0.05, 0.1) is 0 Å². The van der Waals surface area contributed by atoms with Crippen molar-refractivity contribution in [1.29, 1.82) is 0 Å². The van der Waals surface area contributed by atoms with Crippen molar-refractivity contribution in [2.45, 2.75) is 46.0 Å². The minimum Gasteiger partial charge on any atom is -0.484 e. The Labute approximate surface area is 154 Å². The number of carbonyl (C=O) groups excluding carboxylic acids is 2. The van der Waals surface area contributed by atoms with Gasteiger partial charge in [-0.1, -0.05) is 6.07 Å². The highest BCUT2D eigenvalue weighted by Gasteiger charge is 2.50. The summed E-state index contributed by atoms with van der Waals surface area (Å²) < 4.78 is 5.54. The zero-order chi connectivity index (χ0) is 18.3. The molecular formula is C21H28N2O3. The Morgan fingerprint density at radius 2 is 1.50 bits per heavy atom. The minimum atomic E-state index is -0.332. The summed E-state index contributed by atoms with van der Waals surface area (Å²) in [6, 6.07) is 5.85. The average molecular weight is 356 g/mol. The maximum absolute atomic E-state index is 12.6. The molecule has 5 heteroatoms. The summed E-state index contributed by atoms with van der Waals surface area (Å²) in [4.78, 5) is 24.7. The van der Waals surface area contributed by atoms with E-state index in [1.807, 2.05) is 26.0 Å². The van der Waals surface area contributed by atoms with Crippen LogP contribution in [0.5, 0.6) is 5.75 Å². The fourth-order valence-corrected chi connectivity index (χ4v) is 5.77. The monoisotopic (exact) mass is 356 g/mol. The van der Waals surface area contributed by atoms with E-state index in [0.717, 1.165) is 23.0 Å². The summed E-state index contributed by atoms with van der Waals surface area (Å²) in [5, 5.41) is 0. The van der Waals surface area contributed by atoms with E-state index in [4.69, 9.17) is 4.74 Å². The lowest BCUT2D eigenvalue weighted by atomic mass is 9.52. The largest absolute Gasteiger partial charge is 0.484 e. The molecule has 4 aliphatic rings. The number of ether oxygens (including phenoxy) is 1. The van der Waals surface area contributed by atoms with Gasteiger partial charge in [-0.25, -0.2) is 0 Å². The zero-order valence-corrected chi connectivity index (χ0v) is 15.6. The number of aryl methyl sites for hydroxylation is 2. The van der Waals surface area contributed by atoms with E-state index in [1.54, 1.807) is 0 Å². The Hall–Kier alpha value is -2.04. The van der Waals surface area contributed by atoms with Crippen molar-refractivity contribution in [1.82, 2.24) is 10.9 Å². The lowest BCUT2D eigenvalue weighted by Gasteiger charge is -2.53. The topological polar surface area (TPSA) is 67.4 Å². The predicted octanol–water partition coefficient (Wildman–Crippen LogP) is 2.90. The highest BCUT2D eigenvalue weighted by atomic mass is 16.5. The second kappa shape index (κ2) is 6.93. The van der Waals surface area contributed by atoms with E-state index in [-0.39, 0.29) is 24.3 Å². The van der Waals surface area contributed by atoms with Gasteiger partial charge in [0.2, 0.25) is 5.91 Å². The number of benzene rings is 1. The molecule has 0 atom stereocenters. The van der Waals surface area contributed by atoms with Crippen LogP contribution in [0.15, 0.2) is 18.2 Å².